The summed E-state index contributed by atoms with van der Waals surface area (Å²) in [6.45, 7) is 11.6. The number of benzene rings is 1. The molecule has 2 saturated heterocycles. The van der Waals surface area contributed by atoms with Crippen LogP contribution in [0.3, 0.4) is 0 Å². The van der Waals surface area contributed by atoms with Gasteiger partial charge in [-0.05, 0) is 44.7 Å². The zero-order chi connectivity index (χ0) is 18.6. The van der Waals surface area contributed by atoms with E-state index < -0.39 is 0 Å². The van der Waals surface area contributed by atoms with E-state index in [1.54, 1.807) is 0 Å². The predicted molar refractivity (Wildman–Crippen MR) is 128 cm³/mol. The number of hydrogen-bond donors (Lipinski definition) is 1. The van der Waals surface area contributed by atoms with Gasteiger partial charge in [0.2, 0.25) is 0 Å². The summed E-state index contributed by atoms with van der Waals surface area (Å²) >= 11 is 2.06. The van der Waals surface area contributed by atoms with Gasteiger partial charge in [0, 0.05) is 55.8 Å². The molecule has 0 bridgehead atoms. The third kappa shape index (κ3) is 5.54. The topological polar surface area (TPSA) is 36.9 Å². The first-order valence-corrected chi connectivity index (χ1v) is 10.7. The maximum atomic E-state index is 5.69. The highest BCUT2D eigenvalue weighted by Crippen LogP contribution is 2.36. The molecule has 0 saturated carbocycles. The highest BCUT2D eigenvalue weighted by atomic mass is 127. The molecule has 0 aromatic heterocycles. The Bertz CT molecular complexity index is 644. The molecule has 27 heavy (non-hydrogen) atoms. The molecule has 0 aliphatic carbocycles. The Morgan fingerprint density at radius 3 is 2.59 bits per heavy atom. The molecule has 0 radical (unpaired) electrons. The van der Waals surface area contributed by atoms with Crippen LogP contribution >= 0.6 is 35.7 Å². The number of halogens is 1. The summed E-state index contributed by atoms with van der Waals surface area (Å²) < 4.78 is 5.97. The number of aryl methyl sites for hydroxylation is 1. The fourth-order valence-corrected chi connectivity index (χ4v) is 5.36. The van der Waals surface area contributed by atoms with Crippen LogP contribution in [-0.4, -0.2) is 61.3 Å². The van der Waals surface area contributed by atoms with Crippen LogP contribution < -0.4 is 5.32 Å². The van der Waals surface area contributed by atoms with Gasteiger partial charge in [-0.2, -0.15) is 11.8 Å². The van der Waals surface area contributed by atoms with Crippen LogP contribution in [0.15, 0.2) is 29.3 Å². The van der Waals surface area contributed by atoms with E-state index >= 15 is 0 Å². The molecule has 1 aromatic rings. The molecule has 2 aliphatic heterocycles. The summed E-state index contributed by atoms with van der Waals surface area (Å²) in [6, 6.07) is 8.82. The van der Waals surface area contributed by atoms with E-state index in [1.165, 1.54) is 11.1 Å². The number of ether oxygens (including phenoxy) is 1. The lowest BCUT2D eigenvalue weighted by atomic mass is 9.72. The molecule has 3 rings (SSSR count). The lowest BCUT2D eigenvalue weighted by molar-refractivity contribution is 0.0509. The maximum absolute atomic E-state index is 5.69. The zero-order valence-electron chi connectivity index (χ0n) is 17.1. The average molecular weight is 503 g/mol. The number of nitrogens with zero attached hydrogens (tertiary/aromatic N) is 2. The summed E-state index contributed by atoms with van der Waals surface area (Å²) in [4.78, 5) is 7.02. The molecule has 4 nitrogen and oxygen atoms in total. The van der Waals surface area contributed by atoms with E-state index in [9.17, 15) is 0 Å². The molecule has 2 fully saturated rings. The van der Waals surface area contributed by atoms with E-state index in [-0.39, 0.29) is 34.1 Å². The molecular formula is C21H34IN3OS. The predicted octanol–water partition coefficient (Wildman–Crippen LogP) is 4.06. The molecule has 0 atom stereocenters. The minimum atomic E-state index is 0. The fourth-order valence-electron chi connectivity index (χ4n) is 4.25. The van der Waals surface area contributed by atoms with Gasteiger partial charge in [-0.1, -0.05) is 24.3 Å². The first kappa shape index (κ1) is 22.8. The lowest BCUT2D eigenvalue weighted by Crippen LogP contribution is -2.54. The van der Waals surface area contributed by atoms with Gasteiger partial charge in [-0.3, -0.25) is 4.99 Å². The van der Waals surface area contributed by atoms with E-state index in [2.05, 4.69) is 72.0 Å². The molecule has 2 aliphatic rings. The van der Waals surface area contributed by atoms with Gasteiger partial charge in [0.05, 0.1) is 0 Å². The van der Waals surface area contributed by atoms with E-state index in [1.807, 2.05) is 7.05 Å². The highest BCUT2D eigenvalue weighted by molar-refractivity contribution is 14.0. The minimum absolute atomic E-state index is 0. The van der Waals surface area contributed by atoms with E-state index in [4.69, 9.17) is 4.74 Å². The van der Waals surface area contributed by atoms with Gasteiger partial charge in [0.15, 0.2) is 5.96 Å². The van der Waals surface area contributed by atoms with Crippen LogP contribution in [0.25, 0.3) is 0 Å². The van der Waals surface area contributed by atoms with Crippen molar-refractivity contribution in [1.29, 1.82) is 0 Å². The zero-order valence-corrected chi connectivity index (χ0v) is 20.2. The highest BCUT2D eigenvalue weighted by Gasteiger charge is 2.36. The van der Waals surface area contributed by atoms with Crippen molar-refractivity contribution < 1.29 is 4.74 Å². The van der Waals surface area contributed by atoms with E-state index in [0.29, 0.717) is 0 Å². The van der Waals surface area contributed by atoms with Crippen LogP contribution in [0, 0.1) is 6.92 Å². The number of rotatable bonds is 3. The number of aliphatic imine (C=N–C) groups is 1. The quantitative estimate of drug-likeness (QED) is 0.384. The molecule has 2 heterocycles. The standard InChI is InChI=1S/C21H33N3OS.HI/c1-17-7-5-6-8-18(17)21(9-12-25-13-10-21)15-23-19(22-4)24-11-14-26-20(2,3)16-24;/h5-8H,9-16H2,1-4H3,(H,22,23);1H. The second kappa shape index (κ2) is 9.83. The van der Waals surface area contributed by atoms with Gasteiger partial charge in [0.1, 0.15) is 0 Å². The van der Waals surface area contributed by atoms with Crippen molar-refractivity contribution in [1.82, 2.24) is 10.2 Å². The average Bonchev–Trinajstić information content (AvgIpc) is 2.62. The summed E-state index contributed by atoms with van der Waals surface area (Å²) in [5, 5.41) is 3.72. The molecule has 1 N–H and O–H groups in total. The minimum Gasteiger partial charge on any atom is -0.381 e. The monoisotopic (exact) mass is 503 g/mol. The van der Waals surface area contributed by atoms with Crippen molar-refractivity contribution in [3.8, 4) is 0 Å². The van der Waals surface area contributed by atoms with Crippen molar-refractivity contribution in [2.24, 2.45) is 4.99 Å². The summed E-state index contributed by atoms with van der Waals surface area (Å²) in [5.41, 5.74) is 2.96. The smallest absolute Gasteiger partial charge is 0.193 e. The molecule has 0 amide bonds. The second-order valence-corrected chi connectivity index (χ2v) is 9.94. The molecule has 0 unspecified atom stereocenters. The van der Waals surface area contributed by atoms with Gasteiger partial charge in [0.25, 0.3) is 0 Å². The summed E-state index contributed by atoms with van der Waals surface area (Å²) in [5.74, 6) is 2.20. The van der Waals surface area contributed by atoms with E-state index in [0.717, 1.165) is 57.4 Å². The molecule has 1 aromatic carbocycles. The third-order valence-electron chi connectivity index (χ3n) is 5.69. The number of thioether (sulfide) groups is 1. The van der Waals surface area contributed by atoms with Gasteiger partial charge in [-0.25, -0.2) is 0 Å². The Kier molecular flexibility index (Phi) is 8.31. The first-order chi connectivity index (χ1) is 12.5. The van der Waals surface area contributed by atoms with Crippen molar-refractivity contribution in [2.75, 3.05) is 45.6 Å². The normalized spacial score (nSPS) is 22.1. The van der Waals surface area contributed by atoms with Crippen molar-refractivity contribution in [2.45, 2.75) is 43.8 Å². The largest absolute Gasteiger partial charge is 0.381 e. The van der Waals surface area contributed by atoms with Gasteiger partial charge < -0.3 is 15.0 Å². The summed E-state index contributed by atoms with van der Waals surface area (Å²) in [6.07, 6.45) is 2.12. The maximum Gasteiger partial charge on any atom is 0.193 e. The Morgan fingerprint density at radius 1 is 1.26 bits per heavy atom. The number of hydrogen-bond acceptors (Lipinski definition) is 3. The molecule has 0 spiro atoms. The molecule has 6 heteroatoms. The Hall–Kier alpha value is -0.470. The van der Waals surface area contributed by atoms with Crippen LogP contribution in [0.4, 0.5) is 0 Å². The van der Waals surface area contributed by atoms with Crippen molar-refractivity contribution >= 4 is 41.7 Å². The second-order valence-electron chi connectivity index (χ2n) is 8.14. The van der Waals surface area contributed by atoms with Crippen molar-refractivity contribution in [3.63, 3.8) is 0 Å². The van der Waals surface area contributed by atoms with Crippen LogP contribution in [0.2, 0.25) is 0 Å². The third-order valence-corrected chi connectivity index (χ3v) is 6.99. The Balaban J connectivity index is 0.00000261. The van der Waals surface area contributed by atoms with Gasteiger partial charge >= 0.3 is 0 Å². The van der Waals surface area contributed by atoms with Crippen molar-refractivity contribution in [3.05, 3.63) is 35.4 Å². The van der Waals surface area contributed by atoms with Crippen LogP contribution in [0.1, 0.15) is 37.8 Å². The summed E-state index contributed by atoms with van der Waals surface area (Å²) in [7, 11) is 1.90. The Morgan fingerprint density at radius 2 is 1.96 bits per heavy atom. The number of nitrogens with one attached hydrogen (secondary N) is 1. The van der Waals surface area contributed by atoms with Gasteiger partial charge in [-0.15, -0.1) is 24.0 Å². The molecule has 152 valence electrons. The fraction of sp³-hybridized carbons (Fsp3) is 0.667. The lowest BCUT2D eigenvalue weighted by Gasteiger charge is -2.42. The SMILES string of the molecule is CN=C(NCC1(c2ccccc2C)CCOCC1)N1CCSC(C)(C)C1.I. The van der Waals surface area contributed by atoms with Crippen LogP contribution in [0.5, 0.6) is 0 Å². The Labute approximate surface area is 185 Å². The van der Waals surface area contributed by atoms with Crippen LogP contribution in [-0.2, 0) is 10.2 Å². The first-order valence-electron chi connectivity index (χ1n) is 9.69. The number of guanidine groups is 1. The molecular weight excluding hydrogens is 469 g/mol.